The van der Waals surface area contributed by atoms with Crippen molar-refractivity contribution >= 4 is 11.9 Å². The second-order valence-corrected chi connectivity index (χ2v) is 4.23. The molecule has 0 aromatic carbocycles. The fourth-order valence-electron chi connectivity index (χ4n) is 1.91. The summed E-state index contributed by atoms with van der Waals surface area (Å²) >= 11 is 0. The van der Waals surface area contributed by atoms with Crippen molar-refractivity contribution in [2.75, 3.05) is 37.5 Å². The number of nitrogens with one attached hydrogen (secondary N) is 2. The Morgan fingerprint density at radius 1 is 1.39 bits per heavy atom. The number of hydrogen-bond donors (Lipinski definition) is 3. The molecular formula is C10H19N7O. The SMILES string of the molecule is CCOc1nc(NN)nc(NC2CCN(C)C2)n1. The van der Waals surface area contributed by atoms with Crippen LogP contribution in [0.25, 0.3) is 0 Å². The molecule has 2 rings (SSSR count). The Hall–Kier alpha value is -1.67. The summed E-state index contributed by atoms with van der Waals surface area (Å²) in [5.74, 6) is 6.10. The van der Waals surface area contributed by atoms with Gasteiger partial charge in [0, 0.05) is 12.6 Å². The van der Waals surface area contributed by atoms with E-state index in [9.17, 15) is 0 Å². The zero-order chi connectivity index (χ0) is 13.0. The third-order valence-electron chi connectivity index (χ3n) is 2.74. The van der Waals surface area contributed by atoms with E-state index in [1.54, 1.807) is 0 Å². The largest absolute Gasteiger partial charge is 0.464 e. The van der Waals surface area contributed by atoms with Crippen LogP contribution in [0, 0.1) is 0 Å². The third-order valence-corrected chi connectivity index (χ3v) is 2.74. The minimum absolute atomic E-state index is 0.273. The summed E-state index contributed by atoms with van der Waals surface area (Å²) in [5, 5.41) is 3.27. The van der Waals surface area contributed by atoms with Gasteiger partial charge in [-0.2, -0.15) is 15.0 Å². The van der Waals surface area contributed by atoms with Crippen LogP contribution < -0.4 is 21.3 Å². The molecule has 0 saturated carbocycles. The first-order chi connectivity index (χ1) is 8.71. The summed E-state index contributed by atoms with van der Waals surface area (Å²) in [6.07, 6.45) is 1.07. The van der Waals surface area contributed by atoms with E-state index < -0.39 is 0 Å². The van der Waals surface area contributed by atoms with Gasteiger partial charge in [-0.3, -0.25) is 5.43 Å². The lowest BCUT2D eigenvalue weighted by Crippen LogP contribution is -2.25. The Bertz CT molecular complexity index is 400. The molecule has 100 valence electrons. The number of rotatable bonds is 5. The number of hydrogen-bond acceptors (Lipinski definition) is 8. The van der Waals surface area contributed by atoms with Gasteiger partial charge in [-0.25, -0.2) is 5.84 Å². The Morgan fingerprint density at radius 3 is 2.78 bits per heavy atom. The number of likely N-dealkylation sites (N-methyl/N-ethyl adjacent to an activating group) is 1. The molecule has 1 aromatic heterocycles. The summed E-state index contributed by atoms with van der Waals surface area (Å²) < 4.78 is 5.27. The predicted octanol–water partition coefficient (Wildman–Crippen LogP) is -0.328. The maximum absolute atomic E-state index is 5.32. The van der Waals surface area contributed by atoms with E-state index in [1.807, 2.05) is 6.92 Å². The number of nitrogens with two attached hydrogens (primary N) is 1. The smallest absolute Gasteiger partial charge is 0.323 e. The standard InChI is InChI=1S/C10H19N7O/c1-3-18-10-14-8(13-9(15-10)16-11)12-7-4-5-17(2)6-7/h7H,3-6,11H2,1-2H3,(H2,12,13,14,15,16). The van der Waals surface area contributed by atoms with Crippen molar-refractivity contribution < 1.29 is 4.74 Å². The van der Waals surface area contributed by atoms with Gasteiger partial charge in [0.15, 0.2) is 0 Å². The van der Waals surface area contributed by atoms with Crippen molar-refractivity contribution in [1.82, 2.24) is 19.9 Å². The Kier molecular flexibility index (Phi) is 4.11. The zero-order valence-electron chi connectivity index (χ0n) is 10.7. The van der Waals surface area contributed by atoms with Crippen LogP contribution in [0.5, 0.6) is 6.01 Å². The van der Waals surface area contributed by atoms with Crippen molar-refractivity contribution in [2.45, 2.75) is 19.4 Å². The molecule has 1 unspecified atom stereocenters. The van der Waals surface area contributed by atoms with E-state index in [4.69, 9.17) is 10.6 Å². The van der Waals surface area contributed by atoms with E-state index in [2.05, 4.69) is 37.6 Å². The van der Waals surface area contributed by atoms with Crippen LogP contribution in [0.3, 0.4) is 0 Å². The fourth-order valence-corrected chi connectivity index (χ4v) is 1.91. The monoisotopic (exact) mass is 253 g/mol. The molecule has 1 aliphatic rings. The van der Waals surface area contributed by atoms with E-state index in [0.29, 0.717) is 24.5 Å². The van der Waals surface area contributed by atoms with E-state index >= 15 is 0 Å². The number of anilines is 2. The van der Waals surface area contributed by atoms with Crippen LogP contribution in [-0.4, -0.2) is 52.6 Å². The van der Waals surface area contributed by atoms with Crippen molar-refractivity contribution in [3.05, 3.63) is 0 Å². The van der Waals surface area contributed by atoms with E-state index in [1.165, 1.54) is 0 Å². The highest BCUT2D eigenvalue weighted by Gasteiger charge is 2.20. The fraction of sp³-hybridized carbons (Fsp3) is 0.700. The first kappa shape index (κ1) is 12.8. The topological polar surface area (TPSA) is 101 Å². The van der Waals surface area contributed by atoms with Gasteiger partial charge in [-0.05, 0) is 26.9 Å². The average molecular weight is 253 g/mol. The van der Waals surface area contributed by atoms with Crippen molar-refractivity contribution in [3.8, 4) is 6.01 Å². The highest BCUT2D eigenvalue weighted by molar-refractivity contribution is 5.36. The van der Waals surface area contributed by atoms with E-state index in [0.717, 1.165) is 19.5 Å². The van der Waals surface area contributed by atoms with Crippen molar-refractivity contribution in [1.29, 1.82) is 0 Å². The quantitative estimate of drug-likeness (QED) is 0.484. The molecule has 4 N–H and O–H groups in total. The molecule has 1 aliphatic heterocycles. The van der Waals surface area contributed by atoms with Crippen molar-refractivity contribution in [2.24, 2.45) is 5.84 Å². The molecular weight excluding hydrogens is 234 g/mol. The lowest BCUT2D eigenvalue weighted by Gasteiger charge is -2.13. The van der Waals surface area contributed by atoms with Gasteiger partial charge in [-0.15, -0.1) is 0 Å². The van der Waals surface area contributed by atoms with Crippen LogP contribution in [-0.2, 0) is 0 Å². The summed E-state index contributed by atoms with van der Waals surface area (Å²) in [4.78, 5) is 14.6. The Balaban J connectivity index is 2.08. The molecule has 0 amide bonds. The van der Waals surface area contributed by atoms with Crippen LogP contribution in [0.2, 0.25) is 0 Å². The summed E-state index contributed by atoms with van der Waals surface area (Å²) in [6.45, 7) is 4.42. The number of hydrazine groups is 1. The lowest BCUT2D eigenvalue weighted by atomic mass is 10.3. The minimum atomic E-state index is 0.273. The second-order valence-electron chi connectivity index (χ2n) is 4.23. The van der Waals surface area contributed by atoms with Gasteiger partial charge in [0.2, 0.25) is 11.9 Å². The molecule has 8 heteroatoms. The second kappa shape index (κ2) is 5.78. The molecule has 0 spiro atoms. The molecule has 1 saturated heterocycles. The van der Waals surface area contributed by atoms with Gasteiger partial charge in [0.1, 0.15) is 0 Å². The minimum Gasteiger partial charge on any atom is -0.464 e. The highest BCUT2D eigenvalue weighted by Crippen LogP contribution is 2.15. The molecule has 8 nitrogen and oxygen atoms in total. The molecule has 0 radical (unpaired) electrons. The summed E-state index contributed by atoms with van der Waals surface area (Å²) in [5.41, 5.74) is 2.41. The first-order valence-electron chi connectivity index (χ1n) is 6.02. The van der Waals surface area contributed by atoms with E-state index in [-0.39, 0.29) is 6.01 Å². The average Bonchev–Trinajstić information content (AvgIpc) is 2.75. The molecule has 0 aliphatic carbocycles. The molecule has 1 atom stereocenters. The van der Waals surface area contributed by atoms with Crippen LogP contribution in [0.4, 0.5) is 11.9 Å². The first-order valence-corrected chi connectivity index (χ1v) is 6.02. The number of aromatic nitrogens is 3. The molecule has 1 aromatic rings. The van der Waals surface area contributed by atoms with Gasteiger partial charge >= 0.3 is 6.01 Å². The van der Waals surface area contributed by atoms with Gasteiger partial charge in [0.05, 0.1) is 6.61 Å². The number of ether oxygens (including phenoxy) is 1. The molecule has 1 fully saturated rings. The predicted molar refractivity (Wildman–Crippen MR) is 68.3 cm³/mol. The zero-order valence-corrected chi connectivity index (χ0v) is 10.7. The Labute approximate surface area is 106 Å². The Morgan fingerprint density at radius 2 is 2.17 bits per heavy atom. The number of nitrogens with zero attached hydrogens (tertiary/aromatic N) is 4. The maximum Gasteiger partial charge on any atom is 0.323 e. The van der Waals surface area contributed by atoms with Crippen LogP contribution >= 0.6 is 0 Å². The van der Waals surface area contributed by atoms with Gasteiger partial charge in [0.25, 0.3) is 0 Å². The third kappa shape index (κ3) is 3.17. The maximum atomic E-state index is 5.32. The van der Waals surface area contributed by atoms with Crippen molar-refractivity contribution in [3.63, 3.8) is 0 Å². The van der Waals surface area contributed by atoms with Gasteiger partial charge < -0.3 is 15.0 Å². The van der Waals surface area contributed by atoms with Crippen LogP contribution in [0.1, 0.15) is 13.3 Å². The van der Waals surface area contributed by atoms with Crippen LogP contribution in [0.15, 0.2) is 0 Å². The summed E-state index contributed by atoms with van der Waals surface area (Å²) in [7, 11) is 2.09. The summed E-state index contributed by atoms with van der Waals surface area (Å²) in [6, 6.07) is 0.617. The molecule has 0 bridgehead atoms. The highest BCUT2D eigenvalue weighted by atomic mass is 16.5. The lowest BCUT2D eigenvalue weighted by molar-refractivity contribution is 0.312. The normalized spacial score (nSPS) is 19.8. The van der Waals surface area contributed by atoms with Gasteiger partial charge in [-0.1, -0.05) is 0 Å². The number of nitrogen functional groups attached to an aromatic ring is 1. The molecule has 2 heterocycles. The molecule has 18 heavy (non-hydrogen) atoms. The number of likely N-dealkylation sites (tertiary alicyclic amines) is 1.